The van der Waals surface area contributed by atoms with Crippen molar-refractivity contribution in [1.29, 1.82) is 0 Å². The van der Waals surface area contributed by atoms with Gasteiger partial charge in [-0.1, -0.05) is 6.42 Å². The quantitative estimate of drug-likeness (QED) is 0.429. The van der Waals surface area contributed by atoms with Gasteiger partial charge in [-0.25, -0.2) is 0 Å². The highest BCUT2D eigenvalue weighted by Gasteiger charge is 2.47. The van der Waals surface area contributed by atoms with E-state index in [-0.39, 0.29) is 17.5 Å². The molecular formula is C13H20O4. The lowest BCUT2D eigenvalue weighted by Crippen LogP contribution is -2.43. The predicted molar refractivity (Wildman–Crippen MR) is 62.4 cm³/mol. The molecule has 1 aliphatic rings. The van der Waals surface area contributed by atoms with Gasteiger partial charge in [-0.3, -0.25) is 14.4 Å². The number of carbonyl (C=O) groups excluding carboxylic acids is 3. The third kappa shape index (κ3) is 2.73. The van der Waals surface area contributed by atoms with Crippen molar-refractivity contribution in [3.63, 3.8) is 0 Å². The number of Topliss-reactive ketones (excluding diaryl/α,β-unsaturated/α-hetero) is 2. The monoisotopic (exact) mass is 240 g/mol. The van der Waals surface area contributed by atoms with Crippen LogP contribution >= 0.6 is 0 Å². The molecule has 0 spiro atoms. The van der Waals surface area contributed by atoms with E-state index in [9.17, 15) is 14.4 Å². The van der Waals surface area contributed by atoms with Crippen LogP contribution in [0.1, 0.15) is 46.0 Å². The molecule has 96 valence electrons. The van der Waals surface area contributed by atoms with E-state index in [1.807, 2.05) is 0 Å². The topological polar surface area (TPSA) is 60.4 Å². The SMILES string of the molecule is COC(=O)[C@@](C)(C(C)=O)[C@@H]1CCCCC(=O)C1. The van der Waals surface area contributed by atoms with Crippen LogP contribution in [0.15, 0.2) is 0 Å². The maximum absolute atomic E-state index is 11.8. The molecule has 4 heteroatoms. The smallest absolute Gasteiger partial charge is 0.319 e. The summed E-state index contributed by atoms with van der Waals surface area (Å²) in [7, 11) is 1.28. The first-order valence-corrected chi connectivity index (χ1v) is 6.04. The molecule has 1 saturated carbocycles. The number of rotatable bonds is 3. The summed E-state index contributed by atoms with van der Waals surface area (Å²) in [5.74, 6) is -0.819. The molecule has 0 saturated heterocycles. The first-order chi connectivity index (χ1) is 7.92. The minimum atomic E-state index is -1.17. The lowest BCUT2D eigenvalue weighted by atomic mass is 9.70. The number of hydrogen-bond donors (Lipinski definition) is 0. The van der Waals surface area contributed by atoms with Crippen LogP contribution in [0.2, 0.25) is 0 Å². The lowest BCUT2D eigenvalue weighted by molar-refractivity contribution is -0.160. The highest BCUT2D eigenvalue weighted by atomic mass is 16.5. The normalized spacial score (nSPS) is 24.6. The van der Waals surface area contributed by atoms with Crippen LogP contribution in [0, 0.1) is 11.3 Å². The second-order valence-corrected chi connectivity index (χ2v) is 4.94. The molecule has 1 rings (SSSR count). The fraction of sp³-hybridized carbons (Fsp3) is 0.769. The Hall–Kier alpha value is -1.19. The van der Waals surface area contributed by atoms with Crippen molar-refractivity contribution >= 4 is 17.5 Å². The van der Waals surface area contributed by atoms with Gasteiger partial charge in [0.2, 0.25) is 0 Å². The molecule has 0 aromatic heterocycles. The Kier molecular flexibility index (Phi) is 4.43. The van der Waals surface area contributed by atoms with E-state index in [4.69, 9.17) is 4.74 Å². The van der Waals surface area contributed by atoms with E-state index in [2.05, 4.69) is 0 Å². The van der Waals surface area contributed by atoms with Gasteiger partial charge in [0.25, 0.3) is 0 Å². The fourth-order valence-electron chi connectivity index (χ4n) is 2.49. The molecule has 17 heavy (non-hydrogen) atoms. The standard InChI is InChI=1S/C13H20O4/c1-9(14)13(2,12(16)17-3)10-6-4-5-7-11(15)8-10/h10H,4-8H2,1-3H3/t10-,13+/m1/s1. The Bertz CT molecular complexity index is 334. The molecule has 0 heterocycles. The fourth-order valence-corrected chi connectivity index (χ4v) is 2.49. The summed E-state index contributed by atoms with van der Waals surface area (Å²) in [5.41, 5.74) is -1.17. The molecule has 0 aliphatic heterocycles. The van der Waals surface area contributed by atoms with Crippen molar-refractivity contribution in [3.05, 3.63) is 0 Å². The first-order valence-electron chi connectivity index (χ1n) is 6.04. The third-order valence-corrected chi connectivity index (χ3v) is 3.89. The van der Waals surface area contributed by atoms with E-state index in [0.29, 0.717) is 12.8 Å². The van der Waals surface area contributed by atoms with Crippen molar-refractivity contribution in [2.45, 2.75) is 46.0 Å². The van der Waals surface area contributed by atoms with Gasteiger partial charge in [0, 0.05) is 12.8 Å². The molecule has 1 fully saturated rings. The van der Waals surface area contributed by atoms with Gasteiger partial charge in [0.15, 0.2) is 0 Å². The Morgan fingerprint density at radius 2 is 2.00 bits per heavy atom. The Morgan fingerprint density at radius 3 is 2.53 bits per heavy atom. The van der Waals surface area contributed by atoms with Gasteiger partial charge in [0.05, 0.1) is 7.11 Å². The van der Waals surface area contributed by atoms with Crippen LogP contribution in [0.25, 0.3) is 0 Å². The van der Waals surface area contributed by atoms with Gasteiger partial charge >= 0.3 is 5.97 Å². The minimum absolute atomic E-state index is 0.142. The largest absolute Gasteiger partial charge is 0.468 e. The zero-order valence-corrected chi connectivity index (χ0v) is 10.7. The molecule has 0 amide bonds. The zero-order valence-electron chi connectivity index (χ0n) is 10.7. The average Bonchev–Trinajstić information content (AvgIpc) is 2.51. The Balaban J connectivity index is 3.00. The second kappa shape index (κ2) is 5.43. The van der Waals surface area contributed by atoms with Crippen LogP contribution in [0.3, 0.4) is 0 Å². The highest BCUT2D eigenvalue weighted by molar-refractivity contribution is 6.03. The number of methoxy groups -OCH3 is 1. The van der Waals surface area contributed by atoms with Crippen LogP contribution in [-0.4, -0.2) is 24.6 Å². The van der Waals surface area contributed by atoms with Crippen molar-refractivity contribution in [2.24, 2.45) is 11.3 Å². The maximum Gasteiger partial charge on any atom is 0.319 e. The highest BCUT2D eigenvalue weighted by Crippen LogP contribution is 2.38. The molecular weight excluding hydrogens is 220 g/mol. The van der Waals surface area contributed by atoms with E-state index >= 15 is 0 Å². The molecule has 4 nitrogen and oxygen atoms in total. The average molecular weight is 240 g/mol. The summed E-state index contributed by atoms with van der Waals surface area (Å²) >= 11 is 0. The molecule has 0 radical (unpaired) electrons. The summed E-state index contributed by atoms with van der Waals surface area (Å²) < 4.78 is 4.73. The third-order valence-electron chi connectivity index (χ3n) is 3.89. The van der Waals surface area contributed by atoms with Crippen molar-refractivity contribution in [1.82, 2.24) is 0 Å². The summed E-state index contributed by atoms with van der Waals surface area (Å²) in [4.78, 5) is 35.2. The van der Waals surface area contributed by atoms with E-state index in [1.54, 1.807) is 6.92 Å². The van der Waals surface area contributed by atoms with E-state index in [1.165, 1.54) is 14.0 Å². The minimum Gasteiger partial charge on any atom is -0.468 e. The number of ketones is 2. The molecule has 2 atom stereocenters. The van der Waals surface area contributed by atoms with E-state index in [0.717, 1.165) is 19.3 Å². The zero-order chi connectivity index (χ0) is 13.1. The van der Waals surface area contributed by atoms with Crippen LogP contribution in [0.5, 0.6) is 0 Å². The molecule has 0 N–H and O–H groups in total. The number of ether oxygens (including phenoxy) is 1. The van der Waals surface area contributed by atoms with Gasteiger partial charge in [-0.2, -0.15) is 0 Å². The van der Waals surface area contributed by atoms with Crippen molar-refractivity contribution in [2.75, 3.05) is 7.11 Å². The predicted octanol–water partition coefficient (Wildman–Crippen LogP) is 1.90. The number of carbonyl (C=O) groups is 3. The van der Waals surface area contributed by atoms with E-state index < -0.39 is 11.4 Å². The van der Waals surface area contributed by atoms with Crippen molar-refractivity contribution in [3.8, 4) is 0 Å². The van der Waals surface area contributed by atoms with Crippen molar-refractivity contribution < 1.29 is 19.1 Å². The summed E-state index contributed by atoms with van der Waals surface area (Å²) in [6, 6.07) is 0. The molecule has 0 unspecified atom stereocenters. The first kappa shape index (κ1) is 13.9. The molecule has 1 aliphatic carbocycles. The van der Waals surface area contributed by atoms with Gasteiger partial charge < -0.3 is 4.74 Å². The number of hydrogen-bond acceptors (Lipinski definition) is 4. The van der Waals surface area contributed by atoms with Gasteiger partial charge in [-0.05, 0) is 32.6 Å². The van der Waals surface area contributed by atoms with Crippen LogP contribution in [0.4, 0.5) is 0 Å². The number of esters is 1. The Labute approximate surface area is 102 Å². The van der Waals surface area contributed by atoms with Crippen LogP contribution in [-0.2, 0) is 19.1 Å². The summed E-state index contributed by atoms with van der Waals surface area (Å²) in [6.07, 6.45) is 3.34. The summed E-state index contributed by atoms with van der Waals surface area (Å²) in [5, 5.41) is 0. The van der Waals surface area contributed by atoms with Gasteiger partial charge in [0.1, 0.15) is 17.0 Å². The summed E-state index contributed by atoms with van der Waals surface area (Å²) in [6.45, 7) is 3.00. The lowest BCUT2D eigenvalue weighted by Gasteiger charge is -2.31. The molecule has 0 aromatic carbocycles. The van der Waals surface area contributed by atoms with Gasteiger partial charge in [-0.15, -0.1) is 0 Å². The molecule has 0 bridgehead atoms. The van der Waals surface area contributed by atoms with Crippen LogP contribution < -0.4 is 0 Å². The molecule has 0 aromatic rings. The maximum atomic E-state index is 11.8. The Morgan fingerprint density at radius 1 is 1.35 bits per heavy atom. The second-order valence-electron chi connectivity index (χ2n) is 4.94.